The topological polar surface area (TPSA) is 79.3 Å². The number of carbonyl (C=O) groups is 2. The maximum Gasteiger partial charge on any atom is 0.295 e. The largest absolute Gasteiger partial charge is 0.507 e. The molecular weight excluding hydrogens is 468 g/mol. The molecule has 0 saturated carbocycles. The highest BCUT2D eigenvalue weighted by molar-refractivity contribution is 6.46. The van der Waals surface area contributed by atoms with E-state index in [1.54, 1.807) is 30.2 Å². The fourth-order valence-corrected chi connectivity index (χ4v) is 4.57. The molecular formula is C30H32N2O5. The molecule has 1 amide bonds. The van der Waals surface area contributed by atoms with Crippen molar-refractivity contribution < 1.29 is 24.2 Å². The van der Waals surface area contributed by atoms with E-state index in [4.69, 9.17) is 9.47 Å². The molecule has 1 aliphatic rings. The second-order valence-corrected chi connectivity index (χ2v) is 9.32. The van der Waals surface area contributed by atoms with Crippen LogP contribution >= 0.6 is 0 Å². The number of rotatable bonds is 9. The zero-order valence-corrected chi connectivity index (χ0v) is 21.6. The van der Waals surface area contributed by atoms with E-state index in [1.807, 2.05) is 80.5 Å². The monoisotopic (exact) mass is 500 g/mol. The van der Waals surface area contributed by atoms with Gasteiger partial charge in [0.1, 0.15) is 23.0 Å². The number of Topliss-reactive ketones (excluding diaryl/α,β-unsaturated/α-hetero) is 1. The molecule has 192 valence electrons. The molecule has 0 aromatic heterocycles. The number of aliphatic hydroxyl groups is 1. The third-order valence-corrected chi connectivity index (χ3v) is 6.37. The molecule has 0 spiro atoms. The molecule has 37 heavy (non-hydrogen) atoms. The smallest absolute Gasteiger partial charge is 0.295 e. The maximum absolute atomic E-state index is 13.3. The number of nitrogens with zero attached hydrogens (tertiary/aromatic N) is 2. The second kappa shape index (κ2) is 11.3. The number of ether oxygens (including phenoxy) is 2. The van der Waals surface area contributed by atoms with Crippen molar-refractivity contribution in [3.8, 4) is 17.2 Å². The van der Waals surface area contributed by atoms with E-state index in [0.29, 0.717) is 41.3 Å². The van der Waals surface area contributed by atoms with Gasteiger partial charge in [-0.05, 0) is 87.6 Å². The zero-order valence-electron chi connectivity index (χ0n) is 21.6. The van der Waals surface area contributed by atoms with Gasteiger partial charge in [0.2, 0.25) is 0 Å². The van der Waals surface area contributed by atoms with Gasteiger partial charge < -0.3 is 24.4 Å². The number of likely N-dealkylation sites (tertiary alicyclic amines) is 1. The first-order valence-electron chi connectivity index (χ1n) is 12.2. The Hall–Kier alpha value is -4.10. The van der Waals surface area contributed by atoms with Crippen molar-refractivity contribution in [2.75, 3.05) is 34.3 Å². The lowest BCUT2D eigenvalue weighted by Gasteiger charge is -2.26. The third kappa shape index (κ3) is 5.67. The van der Waals surface area contributed by atoms with Crippen LogP contribution in [0.5, 0.6) is 17.2 Å². The lowest BCUT2D eigenvalue weighted by molar-refractivity contribution is -0.139. The fraction of sp³-hybridized carbons (Fsp3) is 0.267. The molecule has 1 atom stereocenters. The van der Waals surface area contributed by atoms with E-state index < -0.39 is 17.7 Å². The van der Waals surface area contributed by atoms with E-state index in [0.717, 1.165) is 12.1 Å². The molecule has 3 aromatic rings. The number of carbonyl (C=O) groups excluding carboxylic acids is 2. The Morgan fingerprint density at radius 1 is 0.973 bits per heavy atom. The predicted octanol–water partition coefficient (Wildman–Crippen LogP) is 5.17. The summed E-state index contributed by atoms with van der Waals surface area (Å²) in [5.41, 5.74) is 2.01. The van der Waals surface area contributed by atoms with Gasteiger partial charge in [0.05, 0.1) is 18.7 Å². The van der Waals surface area contributed by atoms with Gasteiger partial charge in [-0.2, -0.15) is 0 Å². The van der Waals surface area contributed by atoms with Crippen LogP contribution in [0.25, 0.3) is 5.76 Å². The van der Waals surface area contributed by atoms with Crippen LogP contribution in [0, 0.1) is 6.92 Å². The summed E-state index contributed by atoms with van der Waals surface area (Å²) in [6, 6.07) is 21.1. The van der Waals surface area contributed by atoms with Gasteiger partial charge in [-0.3, -0.25) is 9.59 Å². The number of aryl methyl sites for hydroxylation is 1. The van der Waals surface area contributed by atoms with Gasteiger partial charge in [-0.25, -0.2) is 0 Å². The first-order valence-corrected chi connectivity index (χ1v) is 12.2. The molecule has 0 radical (unpaired) electrons. The van der Waals surface area contributed by atoms with Gasteiger partial charge in [0.15, 0.2) is 0 Å². The highest BCUT2D eigenvalue weighted by atomic mass is 16.5. The maximum atomic E-state index is 13.3. The molecule has 3 aromatic carbocycles. The van der Waals surface area contributed by atoms with Crippen LogP contribution in [0.4, 0.5) is 0 Å². The van der Waals surface area contributed by atoms with Crippen LogP contribution < -0.4 is 9.47 Å². The van der Waals surface area contributed by atoms with E-state index in [-0.39, 0.29) is 11.3 Å². The minimum absolute atomic E-state index is 0.0660. The Bertz CT molecular complexity index is 1320. The Morgan fingerprint density at radius 3 is 2.38 bits per heavy atom. The van der Waals surface area contributed by atoms with Crippen LogP contribution in [-0.4, -0.2) is 60.9 Å². The Kier molecular flexibility index (Phi) is 7.94. The lowest BCUT2D eigenvalue weighted by Crippen LogP contribution is -2.32. The summed E-state index contributed by atoms with van der Waals surface area (Å²) in [5, 5.41) is 11.4. The number of methoxy groups -OCH3 is 1. The SMILES string of the molecule is COc1ccc(/C(O)=C2\C(=O)C(=O)N(CCCN(C)C)[C@@H]2c2cccc(Oc3ccccc3)c2)cc1C. The van der Waals surface area contributed by atoms with Gasteiger partial charge in [0.25, 0.3) is 11.7 Å². The van der Waals surface area contributed by atoms with Crippen LogP contribution in [0.15, 0.2) is 78.4 Å². The summed E-state index contributed by atoms with van der Waals surface area (Å²) in [5.74, 6) is 0.387. The Balaban J connectivity index is 1.79. The van der Waals surface area contributed by atoms with Crippen molar-refractivity contribution in [2.45, 2.75) is 19.4 Å². The van der Waals surface area contributed by atoms with Crippen molar-refractivity contribution in [3.05, 3.63) is 95.1 Å². The van der Waals surface area contributed by atoms with Crippen molar-refractivity contribution in [3.63, 3.8) is 0 Å². The molecule has 4 rings (SSSR count). The summed E-state index contributed by atoms with van der Waals surface area (Å²) < 4.78 is 11.3. The molecule has 7 nitrogen and oxygen atoms in total. The summed E-state index contributed by atoms with van der Waals surface area (Å²) >= 11 is 0. The highest BCUT2D eigenvalue weighted by Crippen LogP contribution is 2.41. The van der Waals surface area contributed by atoms with Crippen molar-refractivity contribution in [1.29, 1.82) is 0 Å². The number of para-hydroxylation sites is 1. The number of hydrogen-bond acceptors (Lipinski definition) is 6. The summed E-state index contributed by atoms with van der Waals surface area (Å²) in [6.07, 6.45) is 0.679. The normalized spacial score (nSPS) is 16.9. The predicted molar refractivity (Wildman–Crippen MR) is 143 cm³/mol. The van der Waals surface area contributed by atoms with E-state index in [2.05, 4.69) is 0 Å². The number of aliphatic hydroxyl groups excluding tert-OH is 1. The number of hydrogen-bond donors (Lipinski definition) is 1. The molecule has 7 heteroatoms. The minimum Gasteiger partial charge on any atom is -0.507 e. The summed E-state index contributed by atoms with van der Waals surface area (Å²) in [6.45, 7) is 2.98. The van der Waals surface area contributed by atoms with E-state index in [1.165, 1.54) is 0 Å². The average Bonchev–Trinajstić information content (AvgIpc) is 3.14. The van der Waals surface area contributed by atoms with E-state index in [9.17, 15) is 14.7 Å². The Morgan fingerprint density at radius 2 is 1.70 bits per heavy atom. The zero-order chi connectivity index (χ0) is 26.5. The number of amides is 1. The van der Waals surface area contributed by atoms with Crippen LogP contribution in [0.3, 0.4) is 0 Å². The van der Waals surface area contributed by atoms with Gasteiger partial charge in [-0.1, -0.05) is 30.3 Å². The van der Waals surface area contributed by atoms with Gasteiger partial charge in [-0.15, -0.1) is 0 Å². The molecule has 1 saturated heterocycles. The lowest BCUT2D eigenvalue weighted by atomic mass is 9.94. The molecule has 0 aliphatic carbocycles. The average molecular weight is 501 g/mol. The van der Waals surface area contributed by atoms with Crippen molar-refractivity contribution >= 4 is 17.4 Å². The molecule has 1 N–H and O–H groups in total. The standard InChI is InChI=1S/C30H32N2O5/c1-20-18-22(14-15-25(20)36-4)28(33)26-27(32(30(35)29(26)34)17-9-16-31(2)3)21-10-8-13-24(19-21)37-23-11-6-5-7-12-23/h5-8,10-15,18-19,27,33H,9,16-17H2,1-4H3/b28-26+/t27-/m1/s1. The molecule has 1 fully saturated rings. The summed E-state index contributed by atoms with van der Waals surface area (Å²) in [7, 11) is 5.50. The first kappa shape index (κ1) is 26.0. The second-order valence-electron chi connectivity index (χ2n) is 9.32. The van der Waals surface area contributed by atoms with Gasteiger partial charge >= 0.3 is 0 Å². The van der Waals surface area contributed by atoms with Gasteiger partial charge in [0, 0.05) is 12.1 Å². The van der Waals surface area contributed by atoms with Crippen molar-refractivity contribution in [2.24, 2.45) is 0 Å². The van der Waals surface area contributed by atoms with Crippen molar-refractivity contribution in [1.82, 2.24) is 9.80 Å². The fourth-order valence-electron chi connectivity index (χ4n) is 4.57. The molecule has 1 heterocycles. The molecule has 1 aliphatic heterocycles. The molecule has 0 unspecified atom stereocenters. The highest BCUT2D eigenvalue weighted by Gasteiger charge is 2.46. The number of ketones is 1. The van der Waals surface area contributed by atoms with Crippen LogP contribution in [0.2, 0.25) is 0 Å². The van der Waals surface area contributed by atoms with Crippen LogP contribution in [0.1, 0.15) is 29.2 Å². The van der Waals surface area contributed by atoms with E-state index >= 15 is 0 Å². The van der Waals surface area contributed by atoms with Crippen LogP contribution in [-0.2, 0) is 9.59 Å². The number of benzene rings is 3. The first-order chi connectivity index (χ1) is 17.8. The molecule has 0 bridgehead atoms. The summed E-state index contributed by atoms with van der Waals surface area (Å²) in [4.78, 5) is 30.1. The minimum atomic E-state index is -0.746. The third-order valence-electron chi connectivity index (χ3n) is 6.37. The Labute approximate surface area is 217 Å². The quantitative estimate of drug-likeness (QED) is 0.248.